The van der Waals surface area contributed by atoms with Crippen molar-refractivity contribution in [2.24, 2.45) is 11.8 Å². The lowest BCUT2D eigenvalue weighted by Crippen LogP contribution is -2.45. The molecule has 0 radical (unpaired) electrons. The molecular formula is C18H25N5OS. The van der Waals surface area contributed by atoms with Crippen molar-refractivity contribution < 1.29 is 4.79 Å². The van der Waals surface area contributed by atoms with Gasteiger partial charge in [-0.1, -0.05) is 31.0 Å². The van der Waals surface area contributed by atoms with Crippen LogP contribution in [0.25, 0.3) is 5.78 Å². The standard InChI is InChI=1S/C18H25N5OS/c1-12-9-13(2)23-17(19-12)20-21-18(23)25-11-16(24)22-8-7-14-5-3-4-6-15(14)10-22/h9,14-15H,3-8,10-11H2,1-2H3/t14-,15-/m1/s1. The molecular weight excluding hydrogens is 334 g/mol. The van der Waals surface area contributed by atoms with E-state index in [0.717, 1.165) is 41.5 Å². The fourth-order valence-corrected chi connectivity index (χ4v) is 5.23. The highest BCUT2D eigenvalue weighted by molar-refractivity contribution is 7.99. The van der Waals surface area contributed by atoms with Crippen LogP contribution in [0.5, 0.6) is 0 Å². The number of likely N-dealkylation sites (tertiary alicyclic amines) is 1. The van der Waals surface area contributed by atoms with Gasteiger partial charge >= 0.3 is 0 Å². The van der Waals surface area contributed by atoms with Crippen molar-refractivity contribution in [1.82, 2.24) is 24.5 Å². The Kier molecular flexibility index (Phi) is 4.67. The number of nitrogens with zero attached hydrogens (tertiary/aromatic N) is 5. The van der Waals surface area contributed by atoms with Crippen LogP contribution in [0.3, 0.4) is 0 Å². The minimum Gasteiger partial charge on any atom is -0.342 e. The minimum atomic E-state index is 0.225. The molecule has 2 aromatic heterocycles. The van der Waals surface area contributed by atoms with E-state index in [1.165, 1.54) is 43.9 Å². The molecule has 0 unspecified atom stereocenters. The predicted molar refractivity (Wildman–Crippen MR) is 97.6 cm³/mol. The summed E-state index contributed by atoms with van der Waals surface area (Å²) in [6, 6.07) is 2.01. The van der Waals surface area contributed by atoms with Crippen LogP contribution in [-0.2, 0) is 4.79 Å². The van der Waals surface area contributed by atoms with Gasteiger partial charge < -0.3 is 4.90 Å². The number of thioether (sulfide) groups is 1. The van der Waals surface area contributed by atoms with E-state index in [1.54, 1.807) is 0 Å². The largest absolute Gasteiger partial charge is 0.342 e. The third kappa shape index (κ3) is 3.38. The van der Waals surface area contributed by atoms with Gasteiger partial charge in [0.15, 0.2) is 5.16 Å². The highest BCUT2D eigenvalue weighted by Gasteiger charge is 2.32. The van der Waals surface area contributed by atoms with Crippen molar-refractivity contribution in [3.05, 3.63) is 17.5 Å². The number of hydrogen-bond acceptors (Lipinski definition) is 5. The van der Waals surface area contributed by atoms with E-state index in [0.29, 0.717) is 11.5 Å². The number of amides is 1. The zero-order valence-corrected chi connectivity index (χ0v) is 15.8. The van der Waals surface area contributed by atoms with Crippen molar-refractivity contribution >= 4 is 23.4 Å². The maximum absolute atomic E-state index is 12.7. The van der Waals surface area contributed by atoms with E-state index in [9.17, 15) is 4.79 Å². The van der Waals surface area contributed by atoms with Gasteiger partial charge in [0.25, 0.3) is 5.78 Å². The van der Waals surface area contributed by atoms with Crippen molar-refractivity contribution in [2.75, 3.05) is 18.8 Å². The molecule has 2 aromatic rings. The number of carbonyl (C=O) groups excluding carboxylic acids is 1. The zero-order chi connectivity index (χ0) is 17.4. The normalized spacial score (nSPS) is 23.7. The first kappa shape index (κ1) is 16.8. The summed E-state index contributed by atoms with van der Waals surface area (Å²) in [5.74, 6) is 2.83. The van der Waals surface area contributed by atoms with Crippen LogP contribution >= 0.6 is 11.8 Å². The summed E-state index contributed by atoms with van der Waals surface area (Å²) >= 11 is 1.47. The van der Waals surface area contributed by atoms with Gasteiger partial charge in [0, 0.05) is 24.5 Å². The molecule has 2 fully saturated rings. The van der Waals surface area contributed by atoms with Crippen molar-refractivity contribution in [3.63, 3.8) is 0 Å². The second-order valence-corrected chi connectivity index (χ2v) is 8.32. The quantitative estimate of drug-likeness (QED) is 0.789. The van der Waals surface area contributed by atoms with Crippen molar-refractivity contribution in [2.45, 2.75) is 51.1 Å². The van der Waals surface area contributed by atoms with Gasteiger partial charge in [-0.2, -0.15) is 0 Å². The molecule has 0 spiro atoms. The van der Waals surface area contributed by atoms with Crippen LogP contribution in [0.4, 0.5) is 0 Å². The topological polar surface area (TPSA) is 63.4 Å². The lowest BCUT2D eigenvalue weighted by Gasteiger charge is -2.41. The maximum Gasteiger partial charge on any atom is 0.256 e. The summed E-state index contributed by atoms with van der Waals surface area (Å²) in [7, 11) is 0. The number of fused-ring (bicyclic) bond motifs is 2. The molecule has 2 atom stereocenters. The van der Waals surface area contributed by atoms with Crippen molar-refractivity contribution in [1.29, 1.82) is 0 Å². The number of piperidine rings is 1. The molecule has 0 bridgehead atoms. The molecule has 6 nitrogen and oxygen atoms in total. The Hall–Kier alpha value is -1.63. The SMILES string of the molecule is Cc1cc(C)n2c(SCC(=O)N3CC[C@H]4CCCC[C@@H]4C3)nnc2n1. The molecule has 134 valence electrons. The van der Waals surface area contributed by atoms with E-state index in [2.05, 4.69) is 20.1 Å². The molecule has 1 saturated heterocycles. The highest BCUT2D eigenvalue weighted by atomic mass is 32.2. The summed E-state index contributed by atoms with van der Waals surface area (Å²) in [5, 5.41) is 9.11. The summed E-state index contributed by atoms with van der Waals surface area (Å²) in [6.07, 6.45) is 6.53. The van der Waals surface area contributed by atoms with E-state index >= 15 is 0 Å². The molecule has 7 heteroatoms. The minimum absolute atomic E-state index is 0.225. The summed E-state index contributed by atoms with van der Waals surface area (Å²) in [5.41, 5.74) is 1.98. The average molecular weight is 359 g/mol. The Bertz CT molecular complexity index is 789. The molecule has 0 aromatic carbocycles. The predicted octanol–water partition coefficient (Wildman–Crippen LogP) is 2.87. The Morgan fingerprint density at radius 1 is 1.20 bits per heavy atom. The molecule has 1 saturated carbocycles. The van der Waals surface area contributed by atoms with E-state index in [-0.39, 0.29) is 5.91 Å². The van der Waals surface area contributed by atoms with Gasteiger partial charge in [0.2, 0.25) is 5.91 Å². The Morgan fingerprint density at radius 3 is 2.84 bits per heavy atom. The molecule has 3 heterocycles. The Labute approximate surface area is 152 Å². The highest BCUT2D eigenvalue weighted by Crippen LogP contribution is 2.36. The van der Waals surface area contributed by atoms with Gasteiger partial charge in [-0.15, -0.1) is 10.2 Å². The monoisotopic (exact) mass is 359 g/mol. The fourth-order valence-electron chi connectivity index (χ4n) is 4.34. The van der Waals surface area contributed by atoms with Crippen molar-refractivity contribution in [3.8, 4) is 0 Å². The number of aryl methyl sites for hydroxylation is 2. The first-order valence-corrected chi connectivity index (χ1v) is 10.2. The zero-order valence-electron chi connectivity index (χ0n) is 14.9. The number of carbonyl (C=O) groups is 1. The van der Waals surface area contributed by atoms with E-state index in [1.807, 2.05) is 24.3 Å². The van der Waals surface area contributed by atoms with Crippen LogP contribution in [0.2, 0.25) is 0 Å². The van der Waals surface area contributed by atoms with E-state index in [4.69, 9.17) is 0 Å². The third-order valence-corrected chi connectivity index (χ3v) is 6.55. The average Bonchev–Trinajstić information content (AvgIpc) is 3.02. The summed E-state index contributed by atoms with van der Waals surface area (Å²) < 4.78 is 1.93. The second-order valence-electron chi connectivity index (χ2n) is 7.38. The molecule has 25 heavy (non-hydrogen) atoms. The first-order chi connectivity index (χ1) is 12.1. The van der Waals surface area contributed by atoms with E-state index < -0.39 is 0 Å². The van der Waals surface area contributed by atoms with Crippen LogP contribution in [0.15, 0.2) is 11.2 Å². The van der Waals surface area contributed by atoms with Gasteiger partial charge in [0.1, 0.15) is 0 Å². The molecule has 0 N–H and O–H groups in total. The van der Waals surface area contributed by atoms with Gasteiger partial charge in [0.05, 0.1) is 5.75 Å². The van der Waals surface area contributed by atoms with Crippen LogP contribution in [0.1, 0.15) is 43.5 Å². The van der Waals surface area contributed by atoms with Gasteiger partial charge in [-0.3, -0.25) is 9.20 Å². The molecule has 4 rings (SSSR count). The first-order valence-electron chi connectivity index (χ1n) is 9.22. The smallest absolute Gasteiger partial charge is 0.256 e. The summed E-state index contributed by atoms with van der Waals surface area (Å²) in [6.45, 7) is 5.84. The molecule has 1 aliphatic heterocycles. The van der Waals surface area contributed by atoms with Gasteiger partial charge in [-0.25, -0.2) is 4.98 Å². The molecule has 1 aliphatic carbocycles. The number of aromatic nitrogens is 4. The van der Waals surface area contributed by atoms with Crippen LogP contribution in [-0.4, -0.2) is 49.2 Å². The lowest BCUT2D eigenvalue weighted by atomic mass is 9.75. The fraction of sp³-hybridized carbons (Fsp3) is 0.667. The lowest BCUT2D eigenvalue weighted by molar-refractivity contribution is -0.131. The maximum atomic E-state index is 12.7. The molecule has 1 amide bonds. The molecule has 2 aliphatic rings. The third-order valence-electron chi connectivity index (χ3n) is 5.63. The Morgan fingerprint density at radius 2 is 2.00 bits per heavy atom. The van der Waals surface area contributed by atoms with Crippen LogP contribution < -0.4 is 0 Å². The Balaban J connectivity index is 1.41. The van der Waals surface area contributed by atoms with Crippen LogP contribution in [0, 0.1) is 25.7 Å². The number of hydrogen-bond donors (Lipinski definition) is 0. The summed E-state index contributed by atoms with van der Waals surface area (Å²) in [4.78, 5) is 19.1. The van der Waals surface area contributed by atoms with Gasteiger partial charge in [-0.05, 0) is 44.6 Å². The second kappa shape index (κ2) is 6.94. The number of rotatable bonds is 3.